The second-order valence-corrected chi connectivity index (χ2v) is 4.48. The van der Waals surface area contributed by atoms with E-state index in [0.29, 0.717) is 16.3 Å². The Kier molecular flexibility index (Phi) is 3.75. The number of benzene rings is 1. The van der Waals surface area contributed by atoms with Crippen LogP contribution in [0.3, 0.4) is 0 Å². The molecular weight excluding hydrogens is 248 g/mol. The zero-order chi connectivity index (χ0) is 13.0. The van der Waals surface area contributed by atoms with Crippen molar-refractivity contribution in [3.8, 4) is 6.07 Å². The number of amides is 1. The number of hydrogen-bond donors (Lipinski definition) is 0. The zero-order valence-corrected chi connectivity index (χ0v) is 10.4. The Morgan fingerprint density at radius 3 is 2.72 bits per heavy atom. The monoisotopic (exact) mass is 257 g/mol. The maximum atomic E-state index is 11.8. The number of hydrogen-bond acceptors (Lipinski definition) is 4. The number of amidine groups is 1. The van der Waals surface area contributed by atoms with Crippen LogP contribution >= 0.6 is 11.8 Å². The molecule has 1 aliphatic heterocycles. The molecule has 1 heterocycles. The minimum Gasteiger partial charge on any atom is -0.267 e. The van der Waals surface area contributed by atoms with Crippen molar-refractivity contribution in [2.75, 3.05) is 0 Å². The molecule has 1 radical (unpaired) electrons. The number of nitriles is 1. The molecule has 0 bridgehead atoms. The van der Waals surface area contributed by atoms with Gasteiger partial charge in [0, 0.05) is 5.56 Å². The minimum absolute atomic E-state index is 0.362. The van der Waals surface area contributed by atoms with E-state index in [1.54, 1.807) is 24.3 Å². The normalized spacial score (nSPS) is 16.0. The highest BCUT2D eigenvalue weighted by Crippen LogP contribution is 2.16. The van der Waals surface area contributed by atoms with E-state index in [9.17, 15) is 4.79 Å². The molecule has 18 heavy (non-hydrogen) atoms. The van der Waals surface area contributed by atoms with Crippen LogP contribution in [0.1, 0.15) is 29.3 Å². The van der Waals surface area contributed by atoms with Crippen LogP contribution in [-0.4, -0.2) is 16.1 Å². The summed E-state index contributed by atoms with van der Waals surface area (Å²) in [6, 6.07) is 8.31. The van der Waals surface area contributed by atoms with E-state index >= 15 is 0 Å². The van der Waals surface area contributed by atoms with E-state index in [1.165, 1.54) is 11.8 Å². The standard InChI is InChI=1S/C12H9N4OS/c1-2-10-15-16-12(18-10)14-11(17)9-5-3-8(7-13)4-6-9/h3-6H,2H2,1H3. The quantitative estimate of drug-likeness (QED) is 0.814. The zero-order valence-electron chi connectivity index (χ0n) is 9.62. The predicted octanol–water partition coefficient (Wildman–Crippen LogP) is 2.13. The molecule has 0 fully saturated rings. The van der Waals surface area contributed by atoms with Crippen LogP contribution in [0, 0.1) is 11.3 Å². The van der Waals surface area contributed by atoms with Crippen molar-refractivity contribution in [2.45, 2.75) is 13.3 Å². The van der Waals surface area contributed by atoms with Crippen molar-refractivity contribution in [1.82, 2.24) is 5.43 Å². The van der Waals surface area contributed by atoms with Gasteiger partial charge in [0.2, 0.25) is 5.17 Å². The lowest BCUT2D eigenvalue weighted by atomic mass is 10.1. The van der Waals surface area contributed by atoms with Crippen molar-refractivity contribution < 1.29 is 4.79 Å². The first-order chi connectivity index (χ1) is 8.72. The highest BCUT2D eigenvalue weighted by molar-refractivity contribution is 8.26. The molecule has 1 aromatic carbocycles. The Balaban J connectivity index is 2.09. The Labute approximate surface area is 109 Å². The molecule has 6 heteroatoms. The second-order valence-electron chi connectivity index (χ2n) is 3.44. The minimum atomic E-state index is -0.377. The van der Waals surface area contributed by atoms with Gasteiger partial charge in [0.25, 0.3) is 5.91 Å². The van der Waals surface area contributed by atoms with Gasteiger partial charge >= 0.3 is 0 Å². The topological polar surface area (TPSA) is 79.7 Å². The van der Waals surface area contributed by atoms with Crippen molar-refractivity contribution in [1.29, 1.82) is 5.26 Å². The van der Waals surface area contributed by atoms with E-state index in [0.717, 1.165) is 11.5 Å². The van der Waals surface area contributed by atoms with Crippen molar-refractivity contribution in [3.05, 3.63) is 35.4 Å². The van der Waals surface area contributed by atoms with Crippen LogP contribution in [0.15, 0.2) is 34.4 Å². The number of rotatable bonds is 2. The molecule has 0 saturated heterocycles. The SMILES string of the molecule is CCC1=N[N]C(=NC(=O)c2ccc(C#N)cc2)S1. The van der Waals surface area contributed by atoms with Gasteiger partial charge in [-0.15, -0.1) is 10.5 Å². The molecule has 0 unspecified atom stereocenters. The first-order valence-electron chi connectivity index (χ1n) is 5.31. The second kappa shape index (κ2) is 5.47. The van der Waals surface area contributed by atoms with E-state index < -0.39 is 0 Å². The van der Waals surface area contributed by atoms with Gasteiger partial charge < -0.3 is 0 Å². The predicted molar refractivity (Wildman–Crippen MR) is 70.4 cm³/mol. The molecule has 0 atom stereocenters. The Morgan fingerprint density at radius 1 is 1.44 bits per heavy atom. The van der Waals surface area contributed by atoms with Crippen molar-refractivity contribution in [3.63, 3.8) is 0 Å². The molecule has 0 N–H and O–H groups in total. The van der Waals surface area contributed by atoms with Crippen LogP contribution in [0.2, 0.25) is 0 Å². The summed E-state index contributed by atoms with van der Waals surface area (Å²) >= 11 is 1.30. The highest BCUT2D eigenvalue weighted by Gasteiger charge is 2.16. The number of carbonyl (C=O) groups excluding carboxylic acids is 1. The fourth-order valence-electron chi connectivity index (χ4n) is 1.27. The Hall–Kier alpha value is -2.13. The molecule has 5 nitrogen and oxygen atoms in total. The summed E-state index contributed by atoms with van der Waals surface area (Å²) < 4.78 is 0. The fraction of sp³-hybridized carbons (Fsp3) is 0.167. The summed E-state index contributed by atoms with van der Waals surface area (Å²) in [5.74, 6) is -0.377. The molecule has 2 rings (SSSR count). The number of nitrogens with zero attached hydrogens (tertiary/aromatic N) is 4. The number of carbonyl (C=O) groups is 1. The highest BCUT2D eigenvalue weighted by atomic mass is 32.2. The number of thioether (sulfide) groups is 1. The molecule has 0 saturated carbocycles. The van der Waals surface area contributed by atoms with Crippen LogP contribution in [0.5, 0.6) is 0 Å². The van der Waals surface area contributed by atoms with Crippen LogP contribution in [0.4, 0.5) is 0 Å². The molecule has 0 aliphatic carbocycles. The molecule has 1 amide bonds. The molecule has 1 aliphatic rings. The summed E-state index contributed by atoms with van der Waals surface area (Å²) in [7, 11) is 0. The van der Waals surface area contributed by atoms with Crippen LogP contribution in [0.25, 0.3) is 0 Å². The van der Waals surface area contributed by atoms with E-state index in [4.69, 9.17) is 5.26 Å². The Morgan fingerprint density at radius 2 is 2.17 bits per heavy atom. The van der Waals surface area contributed by atoms with Gasteiger partial charge in [0.05, 0.1) is 11.6 Å². The Bertz CT molecular complexity index is 569. The van der Waals surface area contributed by atoms with Crippen LogP contribution < -0.4 is 5.43 Å². The summed E-state index contributed by atoms with van der Waals surface area (Å²) in [6.07, 6.45) is 0.776. The van der Waals surface area contributed by atoms with Gasteiger partial charge in [0.1, 0.15) is 5.04 Å². The van der Waals surface area contributed by atoms with E-state index in [-0.39, 0.29) is 5.91 Å². The average molecular weight is 257 g/mol. The fourth-order valence-corrected chi connectivity index (χ4v) is 1.92. The maximum absolute atomic E-state index is 11.8. The lowest BCUT2D eigenvalue weighted by Gasteiger charge is -1.96. The van der Waals surface area contributed by atoms with Gasteiger partial charge in [0.15, 0.2) is 0 Å². The third-order valence-electron chi connectivity index (χ3n) is 2.22. The lowest BCUT2D eigenvalue weighted by molar-refractivity contribution is 0.100. The molecule has 89 valence electrons. The van der Waals surface area contributed by atoms with Gasteiger partial charge in [-0.05, 0) is 42.4 Å². The van der Waals surface area contributed by atoms with Gasteiger partial charge in [-0.3, -0.25) is 4.79 Å². The van der Waals surface area contributed by atoms with Gasteiger partial charge in [-0.2, -0.15) is 10.3 Å². The van der Waals surface area contributed by atoms with Gasteiger partial charge in [-0.1, -0.05) is 6.92 Å². The summed E-state index contributed by atoms with van der Waals surface area (Å²) in [5, 5.41) is 13.8. The lowest BCUT2D eigenvalue weighted by Crippen LogP contribution is -2.05. The molecule has 0 spiro atoms. The summed E-state index contributed by atoms with van der Waals surface area (Å²) in [4.78, 5) is 15.7. The average Bonchev–Trinajstić information content (AvgIpc) is 2.86. The molecule has 0 aromatic heterocycles. The van der Waals surface area contributed by atoms with E-state index in [2.05, 4.69) is 15.5 Å². The number of aliphatic imine (C=N–C) groups is 1. The molecular formula is C12H9N4OS. The largest absolute Gasteiger partial charge is 0.279 e. The van der Waals surface area contributed by atoms with Crippen molar-refractivity contribution >= 4 is 27.9 Å². The third kappa shape index (κ3) is 2.76. The summed E-state index contributed by atoms with van der Waals surface area (Å²) in [6.45, 7) is 1.97. The first kappa shape index (κ1) is 12.3. The van der Waals surface area contributed by atoms with Gasteiger partial charge in [-0.25, -0.2) is 0 Å². The smallest absolute Gasteiger partial charge is 0.267 e. The van der Waals surface area contributed by atoms with E-state index in [1.807, 2.05) is 13.0 Å². The summed E-state index contributed by atoms with van der Waals surface area (Å²) in [5.41, 5.74) is 4.76. The molecule has 1 aromatic rings. The first-order valence-corrected chi connectivity index (χ1v) is 6.13. The maximum Gasteiger partial charge on any atom is 0.279 e. The van der Waals surface area contributed by atoms with Crippen molar-refractivity contribution in [2.24, 2.45) is 10.1 Å². The van der Waals surface area contributed by atoms with Crippen LogP contribution in [-0.2, 0) is 0 Å². The third-order valence-corrected chi connectivity index (χ3v) is 3.18.